The number of nitrogens with one attached hydrogen (secondary N) is 4. The van der Waals surface area contributed by atoms with E-state index >= 15 is 0 Å². The fourth-order valence-electron chi connectivity index (χ4n) is 12.0. The van der Waals surface area contributed by atoms with Crippen LogP contribution in [0.25, 0.3) is 0 Å². The number of carboxylic acid groups (broad SMARTS) is 3. The first-order valence-corrected chi connectivity index (χ1v) is 41.1. The number of Topliss-reactive ketones (excluding diaryl/α,β-unsaturated/α-hetero) is 4. The number of ether oxygens (including phenoxy) is 4. The standard InChI is InChI=1S/C42H74N2O10.C40H68N2O12/c1-6-9-11-13-15-17-19-21-23-25-37(47)43-35(33(4)45)27-29-39(49)53-31-42(8-3,41(51)52)32-54-40(50)30-28-36(34(5)46)44-38(48)26-24-22-20-18-16-14-12-10-7-2;1-5-7-9-11-13-15-17-19-21-23-33(45)41-31(29(3)43)25-27-35(47)53-37(39(49)50)38(40(51)52)54-36(48)28-26-32(30(4)44)42-34(46)24-22-20-18-16-14-12-10-8-6-2/h35-36H,6-32H2,1-5H3,(H,43,47)(H,44,48)(H,51,52);31-32,37-38H,5-28H2,1-4H3,(H,41,45)(H,42,46)(H,49,50)(H,51,52). The summed E-state index contributed by atoms with van der Waals surface area (Å²) in [5, 5.41) is 39.8. The van der Waals surface area contributed by atoms with Crippen LogP contribution in [0.4, 0.5) is 0 Å². The maximum absolute atomic E-state index is 12.6. The van der Waals surface area contributed by atoms with Gasteiger partial charge in [-0.25, -0.2) is 9.59 Å². The molecule has 0 saturated heterocycles. The molecule has 0 bridgehead atoms. The van der Waals surface area contributed by atoms with Gasteiger partial charge in [0, 0.05) is 51.4 Å². The van der Waals surface area contributed by atoms with Gasteiger partial charge in [-0.1, -0.05) is 240 Å². The lowest BCUT2D eigenvalue weighted by Crippen LogP contribution is -2.46. The number of esters is 4. The number of aliphatic carboxylic acids is 3. The number of ketones is 4. The third kappa shape index (κ3) is 56.1. The number of carbonyl (C=O) groups is 15. The van der Waals surface area contributed by atoms with Crippen molar-refractivity contribution in [2.75, 3.05) is 13.2 Å². The average Bonchev–Trinajstić information content (AvgIpc) is 0.847. The second kappa shape index (κ2) is 66.8. The highest BCUT2D eigenvalue weighted by atomic mass is 16.6. The minimum atomic E-state index is -2.42. The molecule has 0 heterocycles. The highest BCUT2D eigenvalue weighted by Crippen LogP contribution is 2.26. The first kappa shape index (κ1) is 103. The summed E-state index contributed by atoms with van der Waals surface area (Å²) in [5.74, 6) is -11.7. The number of hydrogen-bond donors (Lipinski definition) is 7. The highest BCUT2D eigenvalue weighted by Gasteiger charge is 2.42. The summed E-state index contributed by atoms with van der Waals surface area (Å²) in [5.41, 5.74) is -1.71. The molecule has 0 spiro atoms. The maximum atomic E-state index is 12.6. The van der Waals surface area contributed by atoms with E-state index in [1.807, 2.05) is 0 Å². The predicted octanol–water partition coefficient (Wildman–Crippen LogP) is 14.6. The molecule has 0 aromatic rings. The second-order valence-corrected chi connectivity index (χ2v) is 29.1. The Labute approximate surface area is 645 Å². The van der Waals surface area contributed by atoms with Gasteiger partial charge in [-0.3, -0.25) is 62.3 Å². The predicted molar refractivity (Wildman–Crippen MR) is 412 cm³/mol. The number of unbranched alkanes of at least 4 members (excludes halogenated alkanes) is 32. The summed E-state index contributed by atoms with van der Waals surface area (Å²) in [4.78, 5) is 185. The van der Waals surface area contributed by atoms with E-state index < -0.39 is 121 Å². The lowest BCUT2D eigenvalue weighted by Gasteiger charge is -2.27. The third-order valence-electron chi connectivity index (χ3n) is 19.3. The fraction of sp³-hybridized carbons (Fsp3) is 0.817. The van der Waals surface area contributed by atoms with Crippen LogP contribution in [0, 0.1) is 5.41 Å². The van der Waals surface area contributed by atoms with Gasteiger partial charge < -0.3 is 55.5 Å². The minimum absolute atomic E-state index is 0.00585. The molecule has 0 aromatic heterocycles. The second-order valence-electron chi connectivity index (χ2n) is 29.1. The quantitative estimate of drug-likeness (QED) is 0.0169. The molecule has 0 aromatic carbocycles. The molecular formula is C82H142N4O22. The SMILES string of the molecule is CCCCCCCCCCCC(=O)NC(CCC(=O)OC(C(=O)O)C(OC(=O)CCC(NC(=O)CCCCCCCCCCC)C(C)=O)C(=O)O)C(C)=O.CCCCCCCCCCCC(=O)NC(CCC(=O)OCC(CC)(COC(=O)CCC(NC(=O)CCCCCCCCCCC)C(C)=O)C(=O)O)C(C)=O. The van der Waals surface area contributed by atoms with Crippen LogP contribution in [0.2, 0.25) is 0 Å². The van der Waals surface area contributed by atoms with Gasteiger partial charge in [0.05, 0.1) is 24.2 Å². The van der Waals surface area contributed by atoms with Gasteiger partial charge in [-0.05, 0) is 85.5 Å². The van der Waals surface area contributed by atoms with Gasteiger partial charge in [0.1, 0.15) is 18.6 Å². The van der Waals surface area contributed by atoms with E-state index in [1.165, 1.54) is 143 Å². The zero-order chi connectivity index (χ0) is 81.3. The zero-order valence-electron chi connectivity index (χ0n) is 67.6. The number of rotatable bonds is 71. The lowest BCUT2D eigenvalue weighted by atomic mass is 9.87. The fourth-order valence-corrected chi connectivity index (χ4v) is 12.0. The van der Waals surface area contributed by atoms with Crippen molar-refractivity contribution >= 4 is 88.5 Å². The monoisotopic (exact) mass is 1540 g/mol. The third-order valence-corrected chi connectivity index (χ3v) is 19.3. The molecule has 0 saturated carbocycles. The van der Waals surface area contributed by atoms with Gasteiger partial charge in [0.2, 0.25) is 35.8 Å². The summed E-state index contributed by atoms with van der Waals surface area (Å²) in [6.45, 7) is 14.3. The molecule has 0 fully saturated rings. The Kier molecular flexibility index (Phi) is 63.7. The summed E-state index contributed by atoms with van der Waals surface area (Å²) >= 11 is 0. The smallest absolute Gasteiger partial charge is 0.349 e. The summed E-state index contributed by atoms with van der Waals surface area (Å²) in [7, 11) is 0. The van der Waals surface area contributed by atoms with Crippen LogP contribution in [0.5, 0.6) is 0 Å². The zero-order valence-corrected chi connectivity index (χ0v) is 67.6. The van der Waals surface area contributed by atoms with E-state index in [4.69, 9.17) is 18.9 Å². The van der Waals surface area contributed by atoms with Gasteiger partial charge in [-0.15, -0.1) is 0 Å². The van der Waals surface area contributed by atoms with E-state index in [0.29, 0.717) is 25.7 Å². The summed E-state index contributed by atoms with van der Waals surface area (Å²) in [6.07, 6.45) is 33.6. The van der Waals surface area contributed by atoms with Crippen molar-refractivity contribution < 1.29 is 106 Å². The topological polar surface area (TPSA) is 402 Å². The molecule has 26 heteroatoms. The first-order valence-electron chi connectivity index (χ1n) is 41.1. The average molecular weight is 1540 g/mol. The van der Waals surface area contributed by atoms with E-state index in [2.05, 4.69) is 49.0 Å². The summed E-state index contributed by atoms with van der Waals surface area (Å²) < 4.78 is 20.3. The van der Waals surface area contributed by atoms with Crippen molar-refractivity contribution in [2.45, 2.75) is 413 Å². The van der Waals surface area contributed by atoms with Crippen LogP contribution in [0.15, 0.2) is 0 Å². The molecule has 108 heavy (non-hydrogen) atoms. The number of carbonyl (C=O) groups excluding carboxylic acids is 12. The summed E-state index contributed by atoms with van der Waals surface area (Å²) in [6, 6.07) is -3.81. The Balaban J connectivity index is 0. The van der Waals surface area contributed by atoms with Crippen LogP contribution in [0.3, 0.4) is 0 Å². The van der Waals surface area contributed by atoms with Gasteiger partial charge in [0.15, 0.2) is 23.1 Å². The first-order chi connectivity index (χ1) is 51.5. The number of carboxylic acids is 3. The molecule has 7 N–H and O–H groups in total. The van der Waals surface area contributed by atoms with Crippen molar-refractivity contribution in [2.24, 2.45) is 5.41 Å². The Morgan fingerprint density at radius 2 is 0.472 bits per heavy atom. The minimum Gasteiger partial charge on any atom is -0.481 e. The lowest BCUT2D eigenvalue weighted by molar-refractivity contribution is -0.187. The molecule has 4 amide bonds. The number of hydrogen-bond acceptors (Lipinski definition) is 19. The molecule has 622 valence electrons. The van der Waals surface area contributed by atoms with Crippen LogP contribution in [-0.4, -0.2) is 153 Å². The van der Waals surface area contributed by atoms with Gasteiger partial charge in [-0.2, -0.15) is 0 Å². The largest absolute Gasteiger partial charge is 0.481 e. The van der Waals surface area contributed by atoms with Crippen molar-refractivity contribution in [3.05, 3.63) is 0 Å². The van der Waals surface area contributed by atoms with Crippen molar-refractivity contribution in [1.29, 1.82) is 0 Å². The Morgan fingerprint density at radius 1 is 0.278 bits per heavy atom. The molecule has 26 nitrogen and oxygen atoms in total. The van der Waals surface area contributed by atoms with E-state index in [0.717, 1.165) is 103 Å². The molecule has 6 atom stereocenters. The van der Waals surface area contributed by atoms with Crippen molar-refractivity contribution in [1.82, 2.24) is 21.3 Å². The normalized spacial score (nSPS) is 13.2. The molecule has 0 aliphatic carbocycles. The van der Waals surface area contributed by atoms with Gasteiger partial charge >= 0.3 is 41.8 Å². The Hall–Kier alpha value is -7.15. The van der Waals surface area contributed by atoms with Crippen molar-refractivity contribution in [3.8, 4) is 0 Å². The van der Waals surface area contributed by atoms with E-state index in [9.17, 15) is 87.2 Å². The van der Waals surface area contributed by atoms with Crippen LogP contribution in [-0.2, 0) is 90.9 Å². The van der Waals surface area contributed by atoms with E-state index in [-0.39, 0.29) is 93.0 Å². The van der Waals surface area contributed by atoms with Crippen LogP contribution >= 0.6 is 0 Å². The maximum Gasteiger partial charge on any atom is 0.349 e. The van der Waals surface area contributed by atoms with E-state index in [1.54, 1.807) is 6.92 Å². The molecule has 0 aliphatic rings. The highest BCUT2D eigenvalue weighted by molar-refractivity contribution is 5.91. The Morgan fingerprint density at radius 3 is 0.648 bits per heavy atom. The van der Waals surface area contributed by atoms with Crippen molar-refractivity contribution in [3.63, 3.8) is 0 Å². The molecule has 0 aliphatic heterocycles. The van der Waals surface area contributed by atoms with Gasteiger partial charge in [0.25, 0.3) is 0 Å². The molecule has 0 radical (unpaired) electrons. The molecule has 0 rings (SSSR count). The van der Waals surface area contributed by atoms with Crippen LogP contribution in [0.1, 0.15) is 377 Å². The number of amides is 4. The molecule has 6 unspecified atom stereocenters. The molecular weight excluding hydrogens is 1390 g/mol. The Bertz CT molecular complexity index is 2450. The van der Waals surface area contributed by atoms with Crippen LogP contribution < -0.4 is 21.3 Å².